The number of amides is 1. The van der Waals surface area contributed by atoms with E-state index < -0.39 is 0 Å². The maximum atomic E-state index is 11.8. The summed E-state index contributed by atoms with van der Waals surface area (Å²) >= 11 is 1.21. The molecule has 1 fully saturated rings. The first-order chi connectivity index (χ1) is 7.66. The maximum absolute atomic E-state index is 11.8. The molecule has 0 radical (unpaired) electrons. The molecule has 1 aromatic rings. The first-order valence-electron chi connectivity index (χ1n) is 5.25. The zero-order valence-electron chi connectivity index (χ0n) is 9.22. The monoisotopic (exact) mass is 241 g/mol. The van der Waals surface area contributed by atoms with Gasteiger partial charge in [0.15, 0.2) is 0 Å². The van der Waals surface area contributed by atoms with Gasteiger partial charge in [-0.25, -0.2) is 0 Å². The average Bonchev–Trinajstić information content (AvgIpc) is 2.87. The summed E-state index contributed by atoms with van der Waals surface area (Å²) in [5, 5.41) is 0.685. The Morgan fingerprint density at radius 1 is 1.56 bits per heavy atom. The molecule has 2 N–H and O–H groups in total. The van der Waals surface area contributed by atoms with Gasteiger partial charge in [-0.1, -0.05) is 0 Å². The predicted molar refractivity (Wildman–Crippen MR) is 63.4 cm³/mol. The number of anilines is 2. The molecule has 2 heterocycles. The standard InChI is InChI=1S/C9H15N5OS/c1-13(9-11-8(10)12-16-9)6-7(15)14-4-2-3-5-14/h2-6H2,1H3,(H2,10,12). The average molecular weight is 241 g/mol. The van der Waals surface area contributed by atoms with Crippen molar-refractivity contribution in [1.82, 2.24) is 14.3 Å². The van der Waals surface area contributed by atoms with Gasteiger partial charge in [0.25, 0.3) is 0 Å². The molecule has 1 amide bonds. The van der Waals surface area contributed by atoms with Crippen molar-refractivity contribution < 1.29 is 4.79 Å². The Kier molecular flexibility index (Phi) is 3.23. The zero-order chi connectivity index (χ0) is 11.5. The minimum absolute atomic E-state index is 0.147. The highest BCUT2D eigenvalue weighted by Crippen LogP contribution is 2.17. The smallest absolute Gasteiger partial charge is 0.242 e. The molecule has 88 valence electrons. The summed E-state index contributed by atoms with van der Waals surface area (Å²) in [7, 11) is 1.83. The summed E-state index contributed by atoms with van der Waals surface area (Å²) in [6.45, 7) is 2.10. The van der Waals surface area contributed by atoms with Crippen LogP contribution < -0.4 is 10.6 Å². The Bertz CT molecular complexity index is 374. The summed E-state index contributed by atoms with van der Waals surface area (Å²) in [5.74, 6) is 0.411. The molecule has 1 aromatic heterocycles. The zero-order valence-corrected chi connectivity index (χ0v) is 10.0. The minimum Gasteiger partial charge on any atom is -0.367 e. The van der Waals surface area contributed by atoms with Gasteiger partial charge < -0.3 is 15.5 Å². The van der Waals surface area contributed by atoms with Crippen LogP contribution in [0.25, 0.3) is 0 Å². The van der Waals surface area contributed by atoms with Crippen LogP contribution in [0.2, 0.25) is 0 Å². The first-order valence-corrected chi connectivity index (χ1v) is 6.02. The van der Waals surface area contributed by atoms with Crippen LogP contribution in [0, 0.1) is 0 Å². The molecule has 1 saturated heterocycles. The number of likely N-dealkylation sites (tertiary alicyclic amines) is 1. The summed E-state index contributed by atoms with van der Waals surface area (Å²) < 4.78 is 3.88. The first kappa shape index (κ1) is 11.1. The van der Waals surface area contributed by atoms with Gasteiger partial charge in [-0.3, -0.25) is 4.79 Å². The molecular formula is C9H15N5OS. The van der Waals surface area contributed by atoms with E-state index in [2.05, 4.69) is 9.36 Å². The van der Waals surface area contributed by atoms with Gasteiger partial charge in [-0.15, -0.1) is 0 Å². The van der Waals surface area contributed by atoms with E-state index in [9.17, 15) is 4.79 Å². The molecule has 1 aliphatic rings. The van der Waals surface area contributed by atoms with E-state index in [1.54, 1.807) is 4.90 Å². The summed E-state index contributed by atoms with van der Waals surface area (Å²) in [6.07, 6.45) is 2.22. The van der Waals surface area contributed by atoms with E-state index in [1.807, 2.05) is 11.9 Å². The van der Waals surface area contributed by atoms with Crippen LogP contribution in [-0.4, -0.2) is 46.8 Å². The van der Waals surface area contributed by atoms with E-state index in [4.69, 9.17) is 5.73 Å². The van der Waals surface area contributed by atoms with Crippen molar-refractivity contribution in [2.45, 2.75) is 12.8 Å². The molecule has 0 saturated carbocycles. The van der Waals surface area contributed by atoms with Crippen LogP contribution in [-0.2, 0) is 4.79 Å². The highest BCUT2D eigenvalue weighted by molar-refractivity contribution is 7.09. The van der Waals surface area contributed by atoms with Crippen molar-refractivity contribution in [2.24, 2.45) is 0 Å². The molecule has 0 unspecified atom stereocenters. The second-order valence-corrected chi connectivity index (χ2v) is 4.61. The van der Waals surface area contributed by atoms with E-state index >= 15 is 0 Å². The molecule has 0 bridgehead atoms. The molecule has 16 heavy (non-hydrogen) atoms. The summed E-state index contributed by atoms with van der Waals surface area (Å²) in [4.78, 5) is 19.6. The lowest BCUT2D eigenvalue weighted by atomic mass is 10.4. The minimum atomic E-state index is 0.147. The van der Waals surface area contributed by atoms with Crippen molar-refractivity contribution in [3.63, 3.8) is 0 Å². The van der Waals surface area contributed by atoms with E-state index in [0.29, 0.717) is 11.7 Å². The Balaban J connectivity index is 1.91. The summed E-state index contributed by atoms with van der Waals surface area (Å²) in [5.41, 5.74) is 5.44. The number of nitrogen functional groups attached to an aromatic ring is 1. The second kappa shape index (κ2) is 4.65. The highest BCUT2D eigenvalue weighted by atomic mass is 32.1. The van der Waals surface area contributed by atoms with Crippen LogP contribution in [0.3, 0.4) is 0 Å². The Hall–Kier alpha value is -1.37. The third kappa shape index (κ3) is 2.41. The Labute approximate surface area is 98.2 Å². The highest BCUT2D eigenvalue weighted by Gasteiger charge is 2.20. The van der Waals surface area contributed by atoms with Crippen LogP contribution >= 0.6 is 11.5 Å². The van der Waals surface area contributed by atoms with Gasteiger partial charge >= 0.3 is 0 Å². The molecule has 1 aliphatic heterocycles. The van der Waals surface area contributed by atoms with Crippen LogP contribution in [0.1, 0.15) is 12.8 Å². The van der Waals surface area contributed by atoms with Gasteiger partial charge in [-0.2, -0.15) is 9.36 Å². The maximum Gasteiger partial charge on any atom is 0.242 e. The number of nitrogens with two attached hydrogens (primary N) is 1. The number of aromatic nitrogens is 2. The van der Waals surface area contributed by atoms with Gasteiger partial charge in [0.05, 0.1) is 6.54 Å². The number of hydrogen-bond acceptors (Lipinski definition) is 6. The van der Waals surface area contributed by atoms with Gasteiger partial charge in [0.2, 0.25) is 17.0 Å². The predicted octanol–water partition coefficient (Wildman–Crippen LogP) is 0.179. The summed E-state index contributed by atoms with van der Waals surface area (Å²) in [6, 6.07) is 0. The third-order valence-corrected chi connectivity index (χ3v) is 3.43. The van der Waals surface area contributed by atoms with Crippen LogP contribution in [0.5, 0.6) is 0 Å². The molecular weight excluding hydrogens is 226 g/mol. The van der Waals surface area contributed by atoms with Crippen molar-refractivity contribution in [1.29, 1.82) is 0 Å². The SMILES string of the molecule is CN(CC(=O)N1CCCC1)c1nc(N)ns1. The van der Waals surface area contributed by atoms with Crippen molar-refractivity contribution in [3.8, 4) is 0 Å². The van der Waals surface area contributed by atoms with Crippen LogP contribution in [0.15, 0.2) is 0 Å². The molecule has 6 nitrogen and oxygen atoms in total. The van der Waals surface area contributed by atoms with Gasteiger partial charge in [0.1, 0.15) is 0 Å². The molecule has 0 aromatic carbocycles. The van der Waals surface area contributed by atoms with Gasteiger partial charge in [0, 0.05) is 31.7 Å². The van der Waals surface area contributed by atoms with Crippen LogP contribution in [0.4, 0.5) is 11.1 Å². The Morgan fingerprint density at radius 3 is 2.81 bits per heavy atom. The quantitative estimate of drug-likeness (QED) is 0.817. The van der Waals surface area contributed by atoms with E-state index in [-0.39, 0.29) is 11.9 Å². The van der Waals surface area contributed by atoms with Gasteiger partial charge in [-0.05, 0) is 12.8 Å². The van der Waals surface area contributed by atoms with Crippen molar-refractivity contribution >= 4 is 28.5 Å². The number of hydrogen-bond donors (Lipinski definition) is 1. The van der Waals surface area contributed by atoms with Crippen molar-refractivity contribution in [3.05, 3.63) is 0 Å². The fraction of sp³-hybridized carbons (Fsp3) is 0.667. The lowest BCUT2D eigenvalue weighted by molar-refractivity contribution is -0.128. The lowest BCUT2D eigenvalue weighted by Crippen LogP contribution is -2.37. The fourth-order valence-electron chi connectivity index (χ4n) is 1.72. The Morgan fingerprint density at radius 2 is 2.25 bits per heavy atom. The number of carbonyl (C=O) groups is 1. The lowest BCUT2D eigenvalue weighted by Gasteiger charge is -2.20. The number of nitrogens with zero attached hydrogens (tertiary/aromatic N) is 4. The molecule has 0 aliphatic carbocycles. The largest absolute Gasteiger partial charge is 0.367 e. The molecule has 0 atom stereocenters. The number of carbonyl (C=O) groups excluding carboxylic acids is 1. The topological polar surface area (TPSA) is 75.4 Å². The molecule has 7 heteroatoms. The molecule has 2 rings (SSSR count). The van der Waals surface area contributed by atoms with E-state index in [1.165, 1.54) is 11.5 Å². The normalized spacial score (nSPS) is 15.4. The third-order valence-electron chi connectivity index (χ3n) is 2.59. The number of likely N-dealkylation sites (N-methyl/N-ethyl adjacent to an activating group) is 1. The molecule has 0 spiro atoms. The second-order valence-electron chi connectivity index (χ2n) is 3.88. The fourth-order valence-corrected chi connectivity index (χ4v) is 2.27. The van der Waals surface area contributed by atoms with Crippen molar-refractivity contribution in [2.75, 3.05) is 37.3 Å². The number of rotatable bonds is 3. The van der Waals surface area contributed by atoms with E-state index in [0.717, 1.165) is 25.9 Å².